The molecule has 0 saturated heterocycles. The van der Waals surface area contributed by atoms with Gasteiger partial charge in [0.15, 0.2) is 0 Å². The summed E-state index contributed by atoms with van der Waals surface area (Å²) < 4.78 is 2.65. The Hall–Kier alpha value is -5.18. The highest BCUT2D eigenvalue weighted by Gasteiger charge is 2.16. The number of anilines is 3. The van der Waals surface area contributed by atoms with E-state index in [0.717, 1.165) is 17.1 Å². The maximum atomic E-state index is 2.36. The molecule has 8 rings (SSSR count). The molecule has 8 aromatic rings. The van der Waals surface area contributed by atoms with E-state index in [4.69, 9.17) is 0 Å². The number of thiophene rings is 1. The molecule has 0 atom stereocenters. The van der Waals surface area contributed by atoms with Gasteiger partial charge in [-0.1, -0.05) is 127 Å². The van der Waals surface area contributed by atoms with E-state index in [1.165, 1.54) is 53.2 Å². The maximum absolute atomic E-state index is 2.36. The van der Waals surface area contributed by atoms with E-state index in [1.54, 1.807) is 0 Å². The molecule has 0 bridgehead atoms. The average Bonchev–Trinajstić information content (AvgIpc) is 3.45. The number of rotatable bonds is 5. The van der Waals surface area contributed by atoms with Gasteiger partial charge in [-0.25, -0.2) is 0 Å². The Labute approximate surface area is 249 Å². The molecule has 1 nitrogen and oxygen atoms in total. The van der Waals surface area contributed by atoms with Gasteiger partial charge in [-0.3, -0.25) is 0 Å². The predicted octanol–water partition coefficient (Wildman–Crippen LogP) is 12.0. The number of benzene rings is 7. The fraction of sp³-hybridized carbons (Fsp3) is 0. The second-order valence-corrected chi connectivity index (χ2v) is 11.7. The first kappa shape index (κ1) is 24.6. The molecule has 0 radical (unpaired) electrons. The standard InChI is InChI=1S/C40H27NS/c1-3-10-28(11-4-1)29-18-20-30(21-19-29)32-13-9-16-34(26-32)41(33-14-5-2-6-15-33)35-23-25-37-38-24-22-31-12-7-8-17-36(31)40(38)42-39(37)27-35/h1-27H. The van der Waals surface area contributed by atoms with Crippen LogP contribution < -0.4 is 4.90 Å². The highest BCUT2D eigenvalue weighted by Crippen LogP contribution is 2.43. The van der Waals surface area contributed by atoms with Crippen LogP contribution in [0, 0.1) is 0 Å². The molecule has 0 aliphatic carbocycles. The molecule has 0 saturated carbocycles. The molecule has 0 unspecified atom stereocenters. The Kier molecular flexibility index (Phi) is 6.05. The molecule has 0 spiro atoms. The van der Waals surface area contributed by atoms with Crippen LogP contribution in [0.4, 0.5) is 17.1 Å². The lowest BCUT2D eigenvalue weighted by atomic mass is 10.00. The van der Waals surface area contributed by atoms with Crippen molar-refractivity contribution in [1.29, 1.82) is 0 Å². The van der Waals surface area contributed by atoms with Crippen molar-refractivity contribution in [1.82, 2.24) is 0 Å². The molecule has 1 aromatic heterocycles. The van der Waals surface area contributed by atoms with Crippen LogP contribution in [0.25, 0.3) is 53.2 Å². The summed E-state index contributed by atoms with van der Waals surface area (Å²) >= 11 is 1.89. The van der Waals surface area contributed by atoms with Gasteiger partial charge in [0, 0.05) is 37.2 Å². The molecule has 0 amide bonds. The first-order valence-electron chi connectivity index (χ1n) is 14.3. The van der Waals surface area contributed by atoms with E-state index in [9.17, 15) is 0 Å². The fourth-order valence-electron chi connectivity index (χ4n) is 5.97. The lowest BCUT2D eigenvalue weighted by Crippen LogP contribution is -2.09. The molecule has 42 heavy (non-hydrogen) atoms. The zero-order valence-electron chi connectivity index (χ0n) is 22.9. The van der Waals surface area contributed by atoms with Crippen molar-refractivity contribution < 1.29 is 0 Å². The van der Waals surface area contributed by atoms with E-state index < -0.39 is 0 Å². The van der Waals surface area contributed by atoms with E-state index in [-0.39, 0.29) is 0 Å². The van der Waals surface area contributed by atoms with E-state index in [2.05, 4.69) is 169 Å². The number of nitrogens with zero attached hydrogens (tertiary/aromatic N) is 1. The van der Waals surface area contributed by atoms with Gasteiger partial charge >= 0.3 is 0 Å². The summed E-state index contributed by atoms with van der Waals surface area (Å²) in [6.45, 7) is 0. The number of hydrogen-bond acceptors (Lipinski definition) is 2. The van der Waals surface area contributed by atoms with Crippen molar-refractivity contribution in [2.75, 3.05) is 4.90 Å². The fourth-order valence-corrected chi connectivity index (χ4v) is 7.24. The highest BCUT2D eigenvalue weighted by molar-refractivity contribution is 7.26. The molecule has 1 heterocycles. The first-order chi connectivity index (χ1) is 20.8. The molecule has 0 fully saturated rings. The van der Waals surface area contributed by atoms with Crippen LogP contribution in [0.5, 0.6) is 0 Å². The smallest absolute Gasteiger partial charge is 0.0476 e. The molecule has 198 valence electrons. The van der Waals surface area contributed by atoms with Crippen molar-refractivity contribution >= 4 is 59.3 Å². The van der Waals surface area contributed by atoms with Gasteiger partial charge in [-0.05, 0) is 69.4 Å². The first-order valence-corrected chi connectivity index (χ1v) is 15.1. The molecular formula is C40H27NS. The summed E-state index contributed by atoms with van der Waals surface area (Å²) in [5.41, 5.74) is 8.29. The van der Waals surface area contributed by atoms with E-state index in [0.29, 0.717) is 0 Å². The Morgan fingerprint density at radius 1 is 0.357 bits per heavy atom. The van der Waals surface area contributed by atoms with Gasteiger partial charge in [-0.2, -0.15) is 0 Å². The van der Waals surface area contributed by atoms with Crippen molar-refractivity contribution in [3.8, 4) is 22.3 Å². The quantitative estimate of drug-likeness (QED) is 0.205. The van der Waals surface area contributed by atoms with E-state index >= 15 is 0 Å². The van der Waals surface area contributed by atoms with Crippen molar-refractivity contribution in [2.45, 2.75) is 0 Å². The van der Waals surface area contributed by atoms with E-state index in [1.807, 2.05) is 11.3 Å². The maximum Gasteiger partial charge on any atom is 0.0476 e. The second-order valence-electron chi connectivity index (χ2n) is 10.6. The third-order valence-corrected chi connectivity index (χ3v) is 9.25. The molecule has 2 heteroatoms. The lowest BCUT2D eigenvalue weighted by molar-refractivity contribution is 1.29. The van der Waals surface area contributed by atoms with Crippen LogP contribution in [0.2, 0.25) is 0 Å². The van der Waals surface area contributed by atoms with Crippen LogP contribution in [0.3, 0.4) is 0 Å². The van der Waals surface area contributed by atoms with Crippen molar-refractivity contribution in [3.63, 3.8) is 0 Å². The summed E-state index contributed by atoms with van der Waals surface area (Å²) in [6.07, 6.45) is 0. The lowest BCUT2D eigenvalue weighted by Gasteiger charge is -2.26. The Morgan fingerprint density at radius 2 is 0.952 bits per heavy atom. The normalized spacial score (nSPS) is 11.3. The van der Waals surface area contributed by atoms with Crippen LogP contribution >= 0.6 is 11.3 Å². The zero-order chi connectivity index (χ0) is 27.9. The van der Waals surface area contributed by atoms with Crippen molar-refractivity contribution in [2.24, 2.45) is 0 Å². The zero-order valence-corrected chi connectivity index (χ0v) is 23.8. The number of para-hydroxylation sites is 1. The predicted molar refractivity (Wildman–Crippen MR) is 182 cm³/mol. The third kappa shape index (κ3) is 4.34. The summed E-state index contributed by atoms with van der Waals surface area (Å²) in [4.78, 5) is 2.36. The highest BCUT2D eigenvalue weighted by atomic mass is 32.1. The average molecular weight is 554 g/mol. The third-order valence-electron chi connectivity index (χ3n) is 8.05. The monoisotopic (exact) mass is 553 g/mol. The number of fused-ring (bicyclic) bond motifs is 5. The van der Waals surface area contributed by atoms with Gasteiger partial charge in [0.1, 0.15) is 0 Å². The minimum atomic E-state index is 1.14. The van der Waals surface area contributed by atoms with Crippen LogP contribution in [-0.2, 0) is 0 Å². The summed E-state index contributed by atoms with van der Waals surface area (Å²) in [7, 11) is 0. The molecule has 0 aliphatic rings. The SMILES string of the molecule is c1ccc(-c2ccc(-c3cccc(N(c4ccccc4)c4ccc5c(c4)sc4c6ccccc6ccc54)c3)cc2)cc1. The molecule has 0 aliphatic heterocycles. The minimum Gasteiger partial charge on any atom is -0.310 e. The molecule has 0 N–H and O–H groups in total. The van der Waals surface area contributed by atoms with Gasteiger partial charge in [0.2, 0.25) is 0 Å². The number of hydrogen-bond donors (Lipinski definition) is 0. The van der Waals surface area contributed by atoms with Crippen LogP contribution in [0.15, 0.2) is 164 Å². The summed E-state index contributed by atoms with van der Waals surface area (Å²) in [6, 6.07) is 59.1. The van der Waals surface area contributed by atoms with Gasteiger partial charge in [-0.15, -0.1) is 11.3 Å². The van der Waals surface area contributed by atoms with Crippen LogP contribution in [-0.4, -0.2) is 0 Å². The molecule has 7 aromatic carbocycles. The van der Waals surface area contributed by atoms with Gasteiger partial charge in [0.25, 0.3) is 0 Å². The summed E-state index contributed by atoms with van der Waals surface area (Å²) in [5.74, 6) is 0. The van der Waals surface area contributed by atoms with Gasteiger partial charge < -0.3 is 4.90 Å². The topological polar surface area (TPSA) is 3.24 Å². The minimum absolute atomic E-state index is 1.14. The van der Waals surface area contributed by atoms with Gasteiger partial charge in [0.05, 0.1) is 0 Å². The summed E-state index contributed by atoms with van der Waals surface area (Å²) in [5, 5.41) is 5.25. The van der Waals surface area contributed by atoms with Crippen molar-refractivity contribution in [3.05, 3.63) is 164 Å². The van der Waals surface area contributed by atoms with Crippen LogP contribution in [0.1, 0.15) is 0 Å². The Bertz CT molecular complexity index is 2180. The second kappa shape index (κ2) is 10.3. The molecular weight excluding hydrogens is 527 g/mol. The Balaban J connectivity index is 1.23. The largest absolute Gasteiger partial charge is 0.310 e. The Morgan fingerprint density at radius 3 is 1.76 bits per heavy atom.